The number of ether oxygens (including phenoxy) is 1. The zero-order valence-electron chi connectivity index (χ0n) is 11.1. The second-order valence-electron chi connectivity index (χ2n) is 4.34. The van der Waals surface area contributed by atoms with Gasteiger partial charge in [-0.3, -0.25) is 0 Å². The maximum absolute atomic E-state index is 10.7. The van der Waals surface area contributed by atoms with Gasteiger partial charge >= 0.3 is 5.97 Å². The highest BCUT2D eigenvalue weighted by Crippen LogP contribution is 2.34. The predicted molar refractivity (Wildman–Crippen MR) is 87.1 cm³/mol. The van der Waals surface area contributed by atoms with Gasteiger partial charge in [-0.05, 0) is 42.8 Å². The van der Waals surface area contributed by atoms with E-state index in [1.807, 2.05) is 25.1 Å². The molecule has 0 unspecified atom stereocenters. The molecule has 0 spiro atoms. The van der Waals surface area contributed by atoms with E-state index in [4.69, 9.17) is 21.4 Å². The number of aliphatic carboxylic acids is 1. The topological polar surface area (TPSA) is 46.5 Å². The van der Waals surface area contributed by atoms with E-state index in [0.717, 1.165) is 16.1 Å². The van der Waals surface area contributed by atoms with Crippen molar-refractivity contribution in [1.29, 1.82) is 0 Å². The standard InChI is InChI=1S/C16H12BrClO3/c1-10-5-6-11(17)9-15(10)21-14-4-2-3-13(18)12(14)7-8-16(19)20/h2-9H,1H3,(H,19,20)/b8-7+. The zero-order valence-corrected chi connectivity index (χ0v) is 13.5. The Hall–Kier alpha value is -1.78. The van der Waals surface area contributed by atoms with E-state index in [9.17, 15) is 4.79 Å². The lowest BCUT2D eigenvalue weighted by Crippen LogP contribution is -1.92. The molecule has 3 nitrogen and oxygen atoms in total. The van der Waals surface area contributed by atoms with Crippen LogP contribution in [0.4, 0.5) is 0 Å². The maximum atomic E-state index is 10.7. The van der Waals surface area contributed by atoms with E-state index in [0.29, 0.717) is 22.1 Å². The molecule has 0 atom stereocenters. The monoisotopic (exact) mass is 366 g/mol. The molecule has 108 valence electrons. The van der Waals surface area contributed by atoms with Gasteiger partial charge in [0.1, 0.15) is 11.5 Å². The molecule has 21 heavy (non-hydrogen) atoms. The van der Waals surface area contributed by atoms with Crippen molar-refractivity contribution < 1.29 is 14.6 Å². The number of benzene rings is 2. The second kappa shape index (κ2) is 6.78. The normalized spacial score (nSPS) is 10.8. The van der Waals surface area contributed by atoms with E-state index in [2.05, 4.69) is 15.9 Å². The van der Waals surface area contributed by atoms with Crippen molar-refractivity contribution in [3.63, 3.8) is 0 Å². The van der Waals surface area contributed by atoms with Gasteiger partial charge in [-0.25, -0.2) is 4.79 Å². The fourth-order valence-corrected chi connectivity index (χ4v) is 2.29. The number of hydrogen-bond acceptors (Lipinski definition) is 2. The first-order valence-corrected chi connectivity index (χ1v) is 7.28. The van der Waals surface area contributed by atoms with Crippen molar-refractivity contribution in [2.75, 3.05) is 0 Å². The van der Waals surface area contributed by atoms with Crippen molar-refractivity contribution in [3.8, 4) is 11.5 Å². The van der Waals surface area contributed by atoms with Crippen molar-refractivity contribution in [3.05, 3.63) is 63.1 Å². The van der Waals surface area contributed by atoms with Crippen molar-refractivity contribution in [2.24, 2.45) is 0 Å². The van der Waals surface area contributed by atoms with Crippen LogP contribution in [0.15, 0.2) is 46.9 Å². The molecule has 0 aliphatic rings. The Kier molecular flexibility index (Phi) is 5.04. The first-order chi connectivity index (χ1) is 9.97. The summed E-state index contributed by atoms with van der Waals surface area (Å²) in [5, 5.41) is 9.18. The lowest BCUT2D eigenvalue weighted by molar-refractivity contribution is -0.131. The highest BCUT2D eigenvalue weighted by molar-refractivity contribution is 9.10. The van der Waals surface area contributed by atoms with E-state index in [-0.39, 0.29) is 0 Å². The molecule has 0 aromatic heterocycles. The van der Waals surface area contributed by atoms with Crippen LogP contribution in [-0.4, -0.2) is 11.1 Å². The third kappa shape index (κ3) is 4.09. The average molecular weight is 368 g/mol. The molecule has 1 N–H and O–H groups in total. The van der Waals surface area contributed by atoms with Crippen molar-refractivity contribution in [1.82, 2.24) is 0 Å². The Labute approximate surface area is 135 Å². The number of carboxylic acids is 1. The van der Waals surface area contributed by atoms with Crippen LogP contribution in [0.2, 0.25) is 5.02 Å². The Morgan fingerprint density at radius 2 is 2.05 bits per heavy atom. The van der Waals surface area contributed by atoms with Crippen LogP contribution < -0.4 is 4.74 Å². The molecule has 0 bridgehead atoms. The Balaban J connectivity index is 2.42. The smallest absolute Gasteiger partial charge is 0.328 e. The number of hydrogen-bond donors (Lipinski definition) is 1. The van der Waals surface area contributed by atoms with Crippen LogP contribution in [0, 0.1) is 6.92 Å². The van der Waals surface area contributed by atoms with E-state index < -0.39 is 5.97 Å². The third-order valence-corrected chi connectivity index (χ3v) is 3.60. The molecular weight excluding hydrogens is 356 g/mol. The van der Waals surface area contributed by atoms with E-state index in [1.54, 1.807) is 18.2 Å². The van der Waals surface area contributed by atoms with Gasteiger partial charge in [0.2, 0.25) is 0 Å². The first kappa shape index (κ1) is 15.6. The molecule has 2 aromatic carbocycles. The Morgan fingerprint density at radius 1 is 1.29 bits per heavy atom. The lowest BCUT2D eigenvalue weighted by atomic mass is 10.1. The highest BCUT2D eigenvalue weighted by atomic mass is 79.9. The molecule has 0 saturated carbocycles. The molecule has 0 aliphatic heterocycles. The van der Waals surface area contributed by atoms with Gasteiger partial charge < -0.3 is 9.84 Å². The first-order valence-electron chi connectivity index (χ1n) is 6.11. The summed E-state index contributed by atoms with van der Waals surface area (Å²) >= 11 is 9.51. The second-order valence-corrected chi connectivity index (χ2v) is 5.66. The fraction of sp³-hybridized carbons (Fsp3) is 0.0625. The largest absolute Gasteiger partial charge is 0.478 e. The molecule has 0 fully saturated rings. The fourth-order valence-electron chi connectivity index (χ4n) is 1.72. The van der Waals surface area contributed by atoms with Gasteiger partial charge in [0.05, 0.1) is 5.02 Å². The zero-order chi connectivity index (χ0) is 15.4. The lowest BCUT2D eigenvalue weighted by Gasteiger charge is -2.12. The highest BCUT2D eigenvalue weighted by Gasteiger charge is 2.09. The van der Waals surface area contributed by atoms with Gasteiger partial charge in [-0.2, -0.15) is 0 Å². The summed E-state index contributed by atoms with van der Waals surface area (Å²) in [6.45, 7) is 1.93. The van der Waals surface area contributed by atoms with Crippen LogP contribution in [0.5, 0.6) is 11.5 Å². The minimum atomic E-state index is -1.04. The van der Waals surface area contributed by atoms with Crippen LogP contribution in [0.25, 0.3) is 6.08 Å². The number of carbonyl (C=O) groups is 1. The summed E-state index contributed by atoms with van der Waals surface area (Å²) in [6.07, 6.45) is 2.45. The molecule has 5 heteroatoms. The summed E-state index contributed by atoms with van der Waals surface area (Å²) in [7, 11) is 0. The minimum Gasteiger partial charge on any atom is -0.478 e. The van der Waals surface area contributed by atoms with Crippen LogP contribution >= 0.6 is 27.5 Å². The van der Waals surface area contributed by atoms with Crippen LogP contribution in [0.1, 0.15) is 11.1 Å². The van der Waals surface area contributed by atoms with Crippen LogP contribution in [0.3, 0.4) is 0 Å². The molecule has 0 heterocycles. The summed E-state index contributed by atoms with van der Waals surface area (Å²) in [4.78, 5) is 10.7. The van der Waals surface area contributed by atoms with Gasteiger partial charge in [0, 0.05) is 16.1 Å². The number of halogens is 2. The Morgan fingerprint density at radius 3 is 2.76 bits per heavy atom. The average Bonchev–Trinajstić information content (AvgIpc) is 2.42. The molecule has 0 saturated heterocycles. The number of rotatable bonds is 4. The minimum absolute atomic E-state index is 0.428. The van der Waals surface area contributed by atoms with Gasteiger partial charge in [0.25, 0.3) is 0 Å². The number of aryl methyl sites for hydroxylation is 1. The van der Waals surface area contributed by atoms with Crippen LogP contribution in [-0.2, 0) is 4.79 Å². The van der Waals surface area contributed by atoms with Gasteiger partial charge in [-0.1, -0.05) is 39.7 Å². The molecule has 0 radical (unpaired) electrons. The van der Waals surface area contributed by atoms with E-state index >= 15 is 0 Å². The van der Waals surface area contributed by atoms with Crippen molar-refractivity contribution >= 4 is 39.6 Å². The quantitative estimate of drug-likeness (QED) is 0.746. The van der Waals surface area contributed by atoms with Gasteiger partial charge in [0.15, 0.2) is 0 Å². The van der Waals surface area contributed by atoms with Gasteiger partial charge in [-0.15, -0.1) is 0 Å². The summed E-state index contributed by atoms with van der Waals surface area (Å²) in [5.41, 5.74) is 1.49. The predicted octanol–water partition coefficient (Wildman–Crippen LogP) is 5.30. The Bertz CT molecular complexity index is 711. The third-order valence-electron chi connectivity index (χ3n) is 2.78. The summed E-state index contributed by atoms with van der Waals surface area (Å²) < 4.78 is 6.77. The SMILES string of the molecule is Cc1ccc(Br)cc1Oc1cccc(Cl)c1/C=C/C(=O)O. The summed E-state index contributed by atoms with van der Waals surface area (Å²) in [5.74, 6) is 0.136. The van der Waals surface area contributed by atoms with Crippen molar-refractivity contribution in [2.45, 2.75) is 6.92 Å². The maximum Gasteiger partial charge on any atom is 0.328 e. The molecule has 0 aliphatic carbocycles. The summed E-state index contributed by atoms with van der Waals surface area (Å²) in [6, 6.07) is 10.9. The van der Waals surface area contributed by atoms with E-state index in [1.165, 1.54) is 6.08 Å². The molecular formula is C16H12BrClO3. The number of carboxylic acid groups (broad SMARTS) is 1. The molecule has 2 rings (SSSR count). The molecule has 2 aromatic rings. The molecule has 0 amide bonds.